The molecule has 2 amide bonds. The van der Waals surface area contributed by atoms with Gasteiger partial charge in [-0.1, -0.05) is 6.07 Å². The molecule has 2 aromatic carbocycles. The van der Waals surface area contributed by atoms with Gasteiger partial charge < -0.3 is 23.9 Å². The largest absolute Gasteiger partial charge is 0.497 e. The van der Waals surface area contributed by atoms with Gasteiger partial charge in [0.2, 0.25) is 6.79 Å². The molecule has 30 heavy (non-hydrogen) atoms. The van der Waals surface area contributed by atoms with Gasteiger partial charge in [0.25, 0.3) is 5.91 Å². The molecule has 152 valence electrons. The third-order valence-corrected chi connectivity index (χ3v) is 4.39. The molecule has 0 bridgehead atoms. The summed E-state index contributed by atoms with van der Waals surface area (Å²) in [6.07, 6.45) is 1.49. The Hall–Kier alpha value is -4.07. The van der Waals surface area contributed by atoms with Crippen molar-refractivity contribution in [1.82, 2.24) is 0 Å². The van der Waals surface area contributed by atoms with Crippen LogP contribution in [-0.4, -0.2) is 31.4 Å². The van der Waals surface area contributed by atoms with Crippen LogP contribution in [0.3, 0.4) is 0 Å². The van der Waals surface area contributed by atoms with Crippen LogP contribution < -0.4 is 19.5 Å². The van der Waals surface area contributed by atoms with E-state index < -0.39 is 11.8 Å². The van der Waals surface area contributed by atoms with Crippen LogP contribution in [0.2, 0.25) is 0 Å². The number of amides is 2. The van der Waals surface area contributed by atoms with Crippen molar-refractivity contribution in [2.75, 3.05) is 19.2 Å². The first-order valence-electron chi connectivity index (χ1n) is 9.12. The highest BCUT2D eigenvalue weighted by Crippen LogP contribution is 2.32. The van der Waals surface area contributed by atoms with Crippen LogP contribution in [0.1, 0.15) is 16.1 Å². The smallest absolute Gasteiger partial charge is 0.313 e. The lowest BCUT2D eigenvalue weighted by molar-refractivity contribution is -0.110. The molecule has 1 aromatic heterocycles. The molecule has 1 aliphatic rings. The fraction of sp³-hybridized carbons (Fsp3) is 0.136. The highest BCUT2D eigenvalue weighted by Gasteiger charge is 2.19. The van der Waals surface area contributed by atoms with E-state index in [1.54, 1.807) is 55.6 Å². The number of rotatable bonds is 6. The van der Waals surface area contributed by atoms with Crippen LogP contribution in [0.4, 0.5) is 5.69 Å². The number of ether oxygens (including phenoxy) is 3. The molecule has 1 N–H and O–H groups in total. The Bertz CT molecular complexity index is 1090. The third-order valence-electron chi connectivity index (χ3n) is 4.39. The number of benzene rings is 2. The molecule has 0 unspecified atom stereocenters. The van der Waals surface area contributed by atoms with Gasteiger partial charge in [-0.15, -0.1) is 0 Å². The Balaban J connectivity index is 1.58. The summed E-state index contributed by atoms with van der Waals surface area (Å²) in [6, 6.07) is 15.2. The van der Waals surface area contributed by atoms with E-state index in [1.807, 2.05) is 0 Å². The van der Waals surface area contributed by atoms with E-state index in [-0.39, 0.29) is 24.7 Å². The Labute approximate surface area is 172 Å². The predicted octanol–water partition coefficient (Wildman–Crippen LogP) is 3.48. The summed E-state index contributed by atoms with van der Waals surface area (Å²) in [4.78, 5) is 29.3. The molecule has 0 atom stereocenters. The number of carbonyl (C=O) groups excluding carboxylic acids is 2. The van der Waals surface area contributed by atoms with Crippen molar-refractivity contribution in [1.29, 1.82) is 0 Å². The summed E-state index contributed by atoms with van der Waals surface area (Å²) in [5.74, 6) is 0.787. The first-order chi connectivity index (χ1) is 14.6. The van der Waals surface area contributed by atoms with Crippen molar-refractivity contribution >= 4 is 23.2 Å². The second-order valence-corrected chi connectivity index (χ2v) is 6.39. The van der Waals surface area contributed by atoms with E-state index >= 15 is 0 Å². The minimum Gasteiger partial charge on any atom is -0.497 e. The third kappa shape index (κ3) is 4.33. The first kappa shape index (κ1) is 19.3. The number of hydrogen-bond acceptors (Lipinski definition) is 6. The highest BCUT2D eigenvalue weighted by molar-refractivity contribution is 6.45. The molecule has 0 radical (unpaired) electrons. The maximum Gasteiger partial charge on any atom is 0.313 e. The summed E-state index contributed by atoms with van der Waals surface area (Å²) >= 11 is 0. The van der Waals surface area contributed by atoms with Gasteiger partial charge in [0.1, 0.15) is 11.5 Å². The van der Waals surface area contributed by atoms with Crippen molar-refractivity contribution in [3.63, 3.8) is 0 Å². The number of methoxy groups -OCH3 is 1. The van der Waals surface area contributed by atoms with Crippen molar-refractivity contribution in [2.24, 2.45) is 4.99 Å². The Kier molecular flexibility index (Phi) is 5.47. The number of hydrogen-bond donors (Lipinski definition) is 1. The van der Waals surface area contributed by atoms with Gasteiger partial charge in [-0.2, -0.15) is 0 Å². The normalized spacial score (nSPS) is 12.5. The molecule has 0 aliphatic carbocycles. The number of fused-ring (bicyclic) bond motifs is 1. The molecule has 0 saturated heterocycles. The maximum absolute atomic E-state index is 12.9. The SMILES string of the molecule is COc1ccc(NC(=O)C(Cc2ccc3c(c2)OCO3)=NC(=O)c2ccco2)cc1. The summed E-state index contributed by atoms with van der Waals surface area (Å²) in [5.41, 5.74) is 1.32. The van der Waals surface area contributed by atoms with Gasteiger partial charge in [0.15, 0.2) is 17.3 Å². The summed E-state index contributed by atoms with van der Waals surface area (Å²) in [6.45, 7) is 0.147. The van der Waals surface area contributed by atoms with Crippen LogP contribution in [0, 0.1) is 0 Å². The number of nitrogens with zero attached hydrogens (tertiary/aromatic N) is 1. The van der Waals surface area contributed by atoms with E-state index in [4.69, 9.17) is 18.6 Å². The number of nitrogens with one attached hydrogen (secondary N) is 1. The molecule has 0 spiro atoms. The summed E-state index contributed by atoms with van der Waals surface area (Å²) in [5, 5.41) is 2.75. The predicted molar refractivity (Wildman–Crippen MR) is 108 cm³/mol. The molecule has 0 saturated carbocycles. The fourth-order valence-electron chi connectivity index (χ4n) is 2.87. The van der Waals surface area contributed by atoms with Crippen molar-refractivity contribution < 1.29 is 28.2 Å². The Morgan fingerprint density at radius 1 is 1.07 bits per heavy atom. The maximum atomic E-state index is 12.9. The topological polar surface area (TPSA) is 99.4 Å². The molecule has 0 fully saturated rings. The number of furan rings is 1. The minimum atomic E-state index is -0.638. The molecule has 4 rings (SSSR count). The van der Waals surface area contributed by atoms with Gasteiger partial charge in [0.05, 0.1) is 13.4 Å². The van der Waals surface area contributed by atoms with Gasteiger partial charge in [0, 0.05) is 12.1 Å². The van der Waals surface area contributed by atoms with Crippen molar-refractivity contribution in [3.8, 4) is 17.2 Å². The second-order valence-electron chi connectivity index (χ2n) is 6.39. The van der Waals surface area contributed by atoms with Crippen LogP contribution >= 0.6 is 0 Å². The summed E-state index contributed by atoms with van der Waals surface area (Å²) in [7, 11) is 1.56. The zero-order valence-corrected chi connectivity index (χ0v) is 16.1. The lowest BCUT2D eigenvalue weighted by atomic mass is 10.1. The lowest BCUT2D eigenvalue weighted by Crippen LogP contribution is -2.26. The van der Waals surface area contributed by atoms with Crippen molar-refractivity contribution in [3.05, 3.63) is 72.2 Å². The van der Waals surface area contributed by atoms with Crippen LogP contribution in [0.25, 0.3) is 0 Å². The van der Waals surface area contributed by atoms with E-state index in [9.17, 15) is 9.59 Å². The van der Waals surface area contributed by atoms with E-state index in [2.05, 4.69) is 10.3 Å². The zero-order valence-electron chi connectivity index (χ0n) is 16.1. The summed E-state index contributed by atoms with van der Waals surface area (Å²) < 4.78 is 20.9. The molecule has 8 heteroatoms. The Morgan fingerprint density at radius 3 is 2.60 bits per heavy atom. The van der Waals surface area contributed by atoms with E-state index in [0.717, 1.165) is 5.56 Å². The van der Waals surface area contributed by atoms with Gasteiger partial charge in [-0.05, 0) is 54.1 Å². The average Bonchev–Trinajstić information content (AvgIpc) is 3.45. The van der Waals surface area contributed by atoms with Crippen LogP contribution in [0.15, 0.2) is 70.3 Å². The lowest BCUT2D eigenvalue weighted by Gasteiger charge is -2.09. The van der Waals surface area contributed by atoms with Gasteiger partial charge in [-0.25, -0.2) is 4.99 Å². The number of anilines is 1. The molecule has 3 aromatic rings. The van der Waals surface area contributed by atoms with Gasteiger partial charge in [-0.3, -0.25) is 9.59 Å². The fourth-order valence-corrected chi connectivity index (χ4v) is 2.87. The minimum absolute atomic E-state index is 0.0334. The van der Waals surface area contributed by atoms with Gasteiger partial charge >= 0.3 is 5.91 Å². The molecular formula is C22H18N2O6. The second kappa shape index (κ2) is 8.52. The number of carbonyl (C=O) groups is 2. The molecule has 1 aliphatic heterocycles. The standard InChI is InChI=1S/C22H18N2O6/c1-27-16-7-5-15(6-8-16)23-21(25)17(24-22(26)19-3-2-10-28-19)11-14-4-9-18-20(12-14)30-13-29-18/h2-10,12H,11,13H2,1H3,(H,23,25). The van der Waals surface area contributed by atoms with Crippen molar-refractivity contribution in [2.45, 2.75) is 6.42 Å². The number of aliphatic imine (C=N–C) groups is 1. The zero-order chi connectivity index (χ0) is 20.9. The van der Waals surface area contributed by atoms with Crippen LogP contribution in [-0.2, 0) is 11.2 Å². The van der Waals surface area contributed by atoms with E-state index in [0.29, 0.717) is 22.9 Å². The monoisotopic (exact) mass is 406 g/mol. The molecular weight excluding hydrogens is 388 g/mol. The first-order valence-corrected chi connectivity index (χ1v) is 9.12. The quantitative estimate of drug-likeness (QED) is 0.629. The average molecular weight is 406 g/mol. The highest BCUT2D eigenvalue weighted by atomic mass is 16.7. The molecule has 2 heterocycles. The Morgan fingerprint density at radius 2 is 1.87 bits per heavy atom. The van der Waals surface area contributed by atoms with E-state index in [1.165, 1.54) is 12.3 Å². The van der Waals surface area contributed by atoms with Crippen LogP contribution in [0.5, 0.6) is 17.2 Å². The molecule has 8 nitrogen and oxygen atoms in total.